The third-order valence-electron chi connectivity index (χ3n) is 2.32. The normalized spacial score (nSPS) is 10.3. The molecular weight excluding hydrogens is 266 g/mol. The predicted octanol–water partition coefficient (Wildman–Crippen LogP) is 2.89. The second-order valence-electron chi connectivity index (χ2n) is 3.86. The molecule has 0 fully saturated rings. The number of carbonyl (C=O) groups is 1. The quantitative estimate of drug-likeness (QED) is 0.874. The van der Waals surface area contributed by atoms with Crippen molar-refractivity contribution in [2.75, 3.05) is 11.1 Å². The van der Waals surface area contributed by atoms with Crippen LogP contribution in [-0.4, -0.2) is 21.9 Å². The predicted molar refractivity (Wildman–Crippen MR) is 75.2 cm³/mol. The van der Waals surface area contributed by atoms with Gasteiger partial charge in [0.25, 0.3) is 0 Å². The molecule has 1 amide bonds. The molecule has 0 aliphatic rings. The van der Waals surface area contributed by atoms with Crippen molar-refractivity contribution in [3.63, 3.8) is 0 Å². The maximum absolute atomic E-state index is 11.8. The summed E-state index contributed by atoms with van der Waals surface area (Å²) >= 11 is 2.83. The minimum absolute atomic E-state index is 0.0258. The molecule has 0 spiro atoms. The lowest BCUT2D eigenvalue weighted by Gasteiger charge is -2.08. The van der Waals surface area contributed by atoms with E-state index in [0.29, 0.717) is 5.75 Å². The van der Waals surface area contributed by atoms with Crippen LogP contribution in [0.3, 0.4) is 0 Å². The summed E-state index contributed by atoms with van der Waals surface area (Å²) in [7, 11) is 0. The Morgan fingerprint density at radius 3 is 2.94 bits per heavy atom. The van der Waals surface area contributed by atoms with Crippen LogP contribution in [0.5, 0.6) is 0 Å². The van der Waals surface area contributed by atoms with Gasteiger partial charge in [-0.1, -0.05) is 40.8 Å². The number of nitrogens with zero attached hydrogens (tertiary/aromatic N) is 2. The fourth-order valence-corrected chi connectivity index (χ4v) is 2.78. The Bertz CT molecular complexity index is 540. The maximum Gasteiger partial charge on any atom is 0.234 e. The lowest BCUT2D eigenvalue weighted by atomic mass is 10.1. The van der Waals surface area contributed by atoms with E-state index in [1.165, 1.54) is 28.7 Å². The summed E-state index contributed by atoms with van der Waals surface area (Å²) in [6.45, 7) is 4.02. The van der Waals surface area contributed by atoms with Crippen LogP contribution >= 0.6 is 23.1 Å². The second-order valence-corrected chi connectivity index (χ2v) is 5.92. The Hall–Kier alpha value is -1.40. The molecule has 1 aromatic heterocycles. The van der Waals surface area contributed by atoms with E-state index in [1.807, 2.05) is 32.0 Å². The third-order valence-corrected chi connectivity index (χ3v) is 4.18. The molecule has 0 saturated heterocycles. The van der Waals surface area contributed by atoms with Crippen LogP contribution in [0, 0.1) is 13.8 Å². The number of thioether (sulfide) groups is 1. The molecule has 0 aliphatic carbocycles. The van der Waals surface area contributed by atoms with E-state index < -0.39 is 0 Å². The van der Waals surface area contributed by atoms with Crippen LogP contribution in [0.15, 0.2) is 28.0 Å². The smallest absolute Gasteiger partial charge is 0.234 e. The van der Waals surface area contributed by atoms with E-state index in [1.54, 1.807) is 5.51 Å². The molecule has 0 bridgehead atoms. The first-order chi connectivity index (χ1) is 8.65. The Kier molecular flexibility index (Phi) is 4.33. The number of anilines is 1. The maximum atomic E-state index is 11.8. The summed E-state index contributed by atoms with van der Waals surface area (Å²) < 4.78 is 0.811. The van der Waals surface area contributed by atoms with Crippen molar-refractivity contribution in [2.24, 2.45) is 0 Å². The van der Waals surface area contributed by atoms with Gasteiger partial charge in [0, 0.05) is 5.69 Å². The summed E-state index contributed by atoms with van der Waals surface area (Å²) in [6.07, 6.45) is 0. The number of rotatable bonds is 4. The molecule has 4 nitrogen and oxygen atoms in total. The molecule has 0 radical (unpaired) electrons. The average Bonchev–Trinajstić information content (AvgIpc) is 2.83. The summed E-state index contributed by atoms with van der Waals surface area (Å²) in [6, 6.07) is 5.96. The van der Waals surface area contributed by atoms with Gasteiger partial charge < -0.3 is 5.32 Å². The molecular formula is C12H13N3OS2. The highest BCUT2D eigenvalue weighted by Gasteiger charge is 2.07. The number of aryl methyl sites for hydroxylation is 2. The zero-order valence-corrected chi connectivity index (χ0v) is 11.8. The van der Waals surface area contributed by atoms with Crippen molar-refractivity contribution >= 4 is 34.7 Å². The van der Waals surface area contributed by atoms with Gasteiger partial charge in [0.05, 0.1) is 5.75 Å². The molecule has 6 heteroatoms. The molecule has 94 valence electrons. The molecule has 1 aromatic carbocycles. The highest BCUT2D eigenvalue weighted by molar-refractivity contribution is 8.01. The third kappa shape index (κ3) is 3.54. The minimum atomic E-state index is -0.0258. The summed E-state index contributed by atoms with van der Waals surface area (Å²) in [5.74, 6) is 0.324. The fraction of sp³-hybridized carbons (Fsp3) is 0.250. The molecule has 0 aliphatic heterocycles. The van der Waals surface area contributed by atoms with Crippen molar-refractivity contribution in [3.05, 3.63) is 34.8 Å². The van der Waals surface area contributed by atoms with E-state index in [-0.39, 0.29) is 5.91 Å². The van der Waals surface area contributed by atoms with Gasteiger partial charge in [-0.2, -0.15) is 0 Å². The van der Waals surface area contributed by atoms with E-state index in [0.717, 1.165) is 15.6 Å². The molecule has 1 N–H and O–H groups in total. The number of benzene rings is 1. The van der Waals surface area contributed by atoms with Gasteiger partial charge in [0.15, 0.2) is 4.34 Å². The van der Waals surface area contributed by atoms with Gasteiger partial charge in [0.2, 0.25) is 5.91 Å². The molecule has 2 rings (SSSR count). The van der Waals surface area contributed by atoms with Gasteiger partial charge in [-0.3, -0.25) is 4.79 Å². The van der Waals surface area contributed by atoms with Gasteiger partial charge in [-0.25, -0.2) is 0 Å². The fourth-order valence-electron chi connectivity index (χ4n) is 1.49. The monoisotopic (exact) mass is 279 g/mol. The topological polar surface area (TPSA) is 54.9 Å². The highest BCUT2D eigenvalue weighted by Crippen LogP contribution is 2.20. The van der Waals surface area contributed by atoms with Crippen LogP contribution in [0.1, 0.15) is 11.1 Å². The molecule has 0 unspecified atom stereocenters. The summed E-state index contributed by atoms with van der Waals surface area (Å²) in [5.41, 5.74) is 4.78. The van der Waals surface area contributed by atoms with Gasteiger partial charge in [0.1, 0.15) is 5.51 Å². The Labute approximate surface area is 114 Å². The number of carbonyl (C=O) groups excluding carboxylic acids is 1. The van der Waals surface area contributed by atoms with Crippen molar-refractivity contribution in [1.82, 2.24) is 10.2 Å². The van der Waals surface area contributed by atoms with Gasteiger partial charge in [-0.15, -0.1) is 10.2 Å². The molecule has 2 aromatic rings. The van der Waals surface area contributed by atoms with Crippen molar-refractivity contribution < 1.29 is 4.79 Å². The second kappa shape index (κ2) is 5.97. The van der Waals surface area contributed by atoms with Crippen molar-refractivity contribution in [1.29, 1.82) is 0 Å². The van der Waals surface area contributed by atoms with Crippen LogP contribution in [0.2, 0.25) is 0 Å². The first-order valence-corrected chi connectivity index (χ1v) is 7.28. The Morgan fingerprint density at radius 1 is 1.44 bits per heavy atom. The SMILES string of the molecule is Cc1ccc(NC(=O)CSc2nncs2)c(C)c1. The first-order valence-electron chi connectivity index (χ1n) is 5.41. The number of hydrogen-bond donors (Lipinski definition) is 1. The van der Waals surface area contributed by atoms with Crippen LogP contribution < -0.4 is 5.32 Å². The highest BCUT2D eigenvalue weighted by atomic mass is 32.2. The number of nitrogens with one attached hydrogen (secondary N) is 1. The average molecular weight is 279 g/mol. The number of hydrogen-bond acceptors (Lipinski definition) is 5. The van der Waals surface area contributed by atoms with E-state index in [2.05, 4.69) is 15.5 Å². The first kappa shape index (κ1) is 13.0. The summed E-state index contributed by atoms with van der Waals surface area (Å²) in [5, 5.41) is 10.5. The van der Waals surface area contributed by atoms with E-state index >= 15 is 0 Å². The molecule has 0 saturated carbocycles. The standard InChI is InChI=1S/C12H13N3OS2/c1-8-3-4-10(9(2)5-8)14-11(16)6-17-12-15-13-7-18-12/h3-5,7H,6H2,1-2H3,(H,14,16). The van der Waals surface area contributed by atoms with E-state index in [9.17, 15) is 4.79 Å². The number of amides is 1. The Morgan fingerprint density at radius 2 is 2.28 bits per heavy atom. The van der Waals surface area contributed by atoms with Crippen LogP contribution in [0.25, 0.3) is 0 Å². The number of aromatic nitrogens is 2. The lowest BCUT2D eigenvalue weighted by Crippen LogP contribution is -2.14. The zero-order chi connectivity index (χ0) is 13.0. The van der Waals surface area contributed by atoms with E-state index in [4.69, 9.17) is 0 Å². The Balaban J connectivity index is 1.91. The van der Waals surface area contributed by atoms with Gasteiger partial charge in [-0.05, 0) is 25.5 Å². The molecule has 0 atom stereocenters. The van der Waals surface area contributed by atoms with Gasteiger partial charge >= 0.3 is 0 Å². The van der Waals surface area contributed by atoms with Crippen molar-refractivity contribution in [3.8, 4) is 0 Å². The van der Waals surface area contributed by atoms with Crippen molar-refractivity contribution in [2.45, 2.75) is 18.2 Å². The molecule has 1 heterocycles. The summed E-state index contributed by atoms with van der Waals surface area (Å²) in [4.78, 5) is 11.8. The minimum Gasteiger partial charge on any atom is -0.325 e. The lowest BCUT2D eigenvalue weighted by molar-refractivity contribution is -0.113. The van der Waals surface area contributed by atoms with Crippen LogP contribution in [0.4, 0.5) is 5.69 Å². The zero-order valence-electron chi connectivity index (χ0n) is 10.1. The van der Waals surface area contributed by atoms with Crippen LogP contribution in [-0.2, 0) is 4.79 Å². The largest absolute Gasteiger partial charge is 0.325 e. The molecule has 18 heavy (non-hydrogen) atoms.